The molecule has 0 amide bonds. The van der Waals surface area contributed by atoms with E-state index in [2.05, 4.69) is 21.0 Å². The van der Waals surface area contributed by atoms with Gasteiger partial charge < -0.3 is 5.73 Å². The second-order valence-electron chi connectivity index (χ2n) is 3.45. The number of aromatic nitrogens is 2. The van der Waals surface area contributed by atoms with Crippen molar-refractivity contribution in [3.05, 3.63) is 16.4 Å². The van der Waals surface area contributed by atoms with Crippen LogP contribution in [0.15, 0.2) is 10.7 Å². The summed E-state index contributed by atoms with van der Waals surface area (Å²) in [6, 6.07) is 0. The number of ketones is 1. The van der Waals surface area contributed by atoms with Gasteiger partial charge in [0.15, 0.2) is 0 Å². The van der Waals surface area contributed by atoms with Gasteiger partial charge in [-0.15, -0.1) is 0 Å². The highest BCUT2D eigenvalue weighted by Gasteiger charge is 2.47. The van der Waals surface area contributed by atoms with Gasteiger partial charge in [-0.1, -0.05) is 0 Å². The summed E-state index contributed by atoms with van der Waals surface area (Å²) in [5.74, 6) is -0.0145. The van der Waals surface area contributed by atoms with E-state index in [-0.39, 0.29) is 5.78 Å². The molecule has 1 fully saturated rings. The average Bonchev–Trinajstić information content (AvgIpc) is 2.73. The lowest BCUT2D eigenvalue weighted by atomic mass is 10.1. The van der Waals surface area contributed by atoms with Crippen LogP contribution in [0.2, 0.25) is 0 Å². The number of Topliss-reactive ketones (excluding diaryl/α,β-unsaturated/α-hetero) is 1. The molecule has 13 heavy (non-hydrogen) atoms. The number of nitrogens with zero attached hydrogens (tertiary/aromatic N) is 2. The number of aryl methyl sites for hydroxylation is 1. The van der Waals surface area contributed by atoms with Crippen molar-refractivity contribution in [3.63, 3.8) is 0 Å². The minimum Gasteiger partial charge on any atom is -0.319 e. The molecule has 1 heterocycles. The van der Waals surface area contributed by atoms with E-state index < -0.39 is 5.54 Å². The third-order valence-corrected chi connectivity index (χ3v) is 2.93. The van der Waals surface area contributed by atoms with E-state index in [9.17, 15) is 4.79 Å². The molecular weight excluding hydrogens is 234 g/mol. The molecule has 1 saturated carbocycles. The summed E-state index contributed by atoms with van der Waals surface area (Å²) < 4.78 is 2.27. The van der Waals surface area contributed by atoms with Crippen LogP contribution in [-0.2, 0) is 7.05 Å². The van der Waals surface area contributed by atoms with Crippen molar-refractivity contribution in [3.8, 4) is 0 Å². The van der Waals surface area contributed by atoms with E-state index in [1.165, 1.54) is 0 Å². The van der Waals surface area contributed by atoms with E-state index in [0.717, 1.165) is 17.3 Å². The Morgan fingerprint density at radius 1 is 1.77 bits per heavy atom. The summed E-state index contributed by atoms with van der Waals surface area (Å²) >= 11 is 3.28. The predicted octanol–water partition coefficient (Wildman–Crippen LogP) is 0.857. The molecule has 0 unspecified atom stereocenters. The third-order valence-electron chi connectivity index (χ3n) is 2.35. The smallest absolute Gasteiger partial charge is 0.201 e. The van der Waals surface area contributed by atoms with E-state index in [4.69, 9.17) is 5.73 Å². The second kappa shape index (κ2) is 2.65. The zero-order valence-corrected chi connectivity index (χ0v) is 8.84. The number of carbonyl (C=O) groups excluding carboxylic acids is 1. The van der Waals surface area contributed by atoms with Crippen LogP contribution in [0.1, 0.15) is 23.3 Å². The molecule has 5 heteroatoms. The topological polar surface area (TPSA) is 60.9 Å². The fourth-order valence-electron chi connectivity index (χ4n) is 1.26. The number of hydrogen-bond donors (Lipinski definition) is 1. The first-order valence-corrected chi connectivity index (χ1v) is 4.85. The Kier molecular flexibility index (Phi) is 1.82. The molecule has 4 nitrogen and oxygen atoms in total. The van der Waals surface area contributed by atoms with E-state index >= 15 is 0 Å². The fraction of sp³-hybridized carbons (Fsp3) is 0.500. The number of hydrogen-bond acceptors (Lipinski definition) is 3. The molecule has 2 rings (SSSR count). The number of rotatable bonds is 2. The average molecular weight is 244 g/mol. The zero-order chi connectivity index (χ0) is 9.64. The lowest BCUT2D eigenvalue weighted by Crippen LogP contribution is -2.34. The molecule has 0 bridgehead atoms. The molecule has 0 saturated heterocycles. The van der Waals surface area contributed by atoms with Gasteiger partial charge in [0.05, 0.1) is 16.2 Å². The third kappa shape index (κ3) is 1.32. The molecule has 0 radical (unpaired) electrons. The molecule has 1 aliphatic carbocycles. The highest BCUT2D eigenvalue weighted by Crippen LogP contribution is 2.36. The molecule has 70 valence electrons. The van der Waals surface area contributed by atoms with Crippen LogP contribution < -0.4 is 5.73 Å². The van der Waals surface area contributed by atoms with Crippen LogP contribution in [0, 0.1) is 0 Å². The molecule has 0 spiro atoms. The second-order valence-corrected chi connectivity index (χ2v) is 4.30. The highest BCUT2D eigenvalue weighted by atomic mass is 79.9. The van der Waals surface area contributed by atoms with Crippen LogP contribution >= 0.6 is 15.9 Å². The quantitative estimate of drug-likeness (QED) is 0.784. The standard InChI is InChI=1S/C8H10BrN3O/c1-12-6(5(9)4-11-12)7(13)8(10)2-3-8/h4H,2-3,10H2,1H3. The van der Waals surface area contributed by atoms with Crippen LogP contribution in [-0.4, -0.2) is 21.1 Å². The highest BCUT2D eigenvalue weighted by molar-refractivity contribution is 9.10. The van der Waals surface area contributed by atoms with Crippen molar-refractivity contribution in [2.45, 2.75) is 18.4 Å². The number of nitrogens with two attached hydrogens (primary N) is 1. The molecular formula is C8H10BrN3O. The van der Waals surface area contributed by atoms with Crippen molar-refractivity contribution < 1.29 is 4.79 Å². The van der Waals surface area contributed by atoms with Gasteiger partial charge in [0.1, 0.15) is 5.69 Å². The maximum atomic E-state index is 11.8. The van der Waals surface area contributed by atoms with Crippen molar-refractivity contribution in [1.82, 2.24) is 9.78 Å². The Morgan fingerprint density at radius 3 is 2.77 bits per heavy atom. The van der Waals surface area contributed by atoms with Gasteiger partial charge in [-0.05, 0) is 28.8 Å². The molecule has 1 aliphatic rings. The number of carbonyl (C=O) groups is 1. The Morgan fingerprint density at radius 2 is 2.38 bits per heavy atom. The molecule has 1 aromatic rings. The molecule has 0 aromatic carbocycles. The van der Waals surface area contributed by atoms with Crippen LogP contribution in [0.3, 0.4) is 0 Å². The maximum absolute atomic E-state index is 11.8. The van der Waals surface area contributed by atoms with Gasteiger partial charge in [0.2, 0.25) is 5.78 Å². The van der Waals surface area contributed by atoms with Crippen LogP contribution in [0.25, 0.3) is 0 Å². The Bertz CT molecular complexity index is 348. The summed E-state index contributed by atoms with van der Waals surface area (Å²) in [4.78, 5) is 11.8. The normalized spacial score (nSPS) is 18.7. The van der Waals surface area contributed by atoms with E-state index in [1.807, 2.05) is 0 Å². The summed E-state index contributed by atoms with van der Waals surface area (Å²) in [5, 5.41) is 3.97. The Hall–Kier alpha value is -0.680. The first-order chi connectivity index (χ1) is 6.04. The molecule has 1 aromatic heterocycles. The van der Waals surface area contributed by atoms with Crippen LogP contribution in [0.5, 0.6) is 0 Å². The van der Waals surface area contributed by atoms with E-state index in [0.29, 0.717) is 5.69 Å². The predicted molar refractivity (Wildman–Crippen MR) is 51.4 cm³/mol. The lowest BCUT2D eigenvalue weighted by molar-refractivity contribution is 0.0939. The molecule has 0 atom stereocenters. The summed E-state index contributed by atoms with van der Waals surface area (Å²) in [7, 11) is 1.74. The van der Waals surface area contributed by atoms with Gasteiger partial charge in [-0.3, -0.25) is 9.48 Å². The molecule has 0 aliphatic heterocycles. The van der Waals surface area contributed by atoms with Crippen molar-refractivity contribution in [2.24, 2.45) is 12.8 Å². The Balaban J connectivity index is 2.40. The SMILES string of the molecule is Cn1ncc(Br)c1C(=O)C1(N)CC1. The van der Waals surface area contributed by atoms with Gasteiger partial charge >= 0.3 is 0 Å². The zero-order valence-electron chi connectivity index (χ0n) is 7.25. The Labute approximate surface area is 84.2 Å². The summed E-state index contributed by atoms with van der Waals surface area (Å²) in [6.07, 6.45) is 3.17. The van der Waals surface area contributed by atoms with Crippen molar-refractivity contribution in [2.75, 3.05) is 0 Å². The van der Waals surface area contributed by atoms with Gasteiger partial charge in [-0.2, -0.15) is 5.10 Å². The largest absolute Gasteiger partial charge is 0.319 e. The monoisotopic (exact) mass is 243 g/mol. The maximum Gasteiger partial charge on any atom is 0.201 e. The van der Waals surface area contributed by atoms with E-state index in [1.54, 1.807) is 17.9 Å². The fourth-order valence-corrected chi connectivity index (χ4v) is 1.79. The van der Waals surface area contributed by atoms with Gasteiger partial charge in [0.25, 0.3) is 0 Å². The van der Waals surface area contributed by atoms with Gasteiger partial charge in [0, 0.05) is 7.05 Å². The van der Waals surface area contributed by atoms with Crippen molar-refractivity contribution >= 4 is 21.7 Å². The summed E-state index contributed by atoms with van der Waals surface area (Å²) in [5.41, 5.74) is 5.76. The number of halogens is 1. The van der Waals surface area contributed by atoms with Gasteiger partial charge in [-0.25, -0.2) is 0 Å². The minimum absolute atomic E-state index is 0.0145. The summed E-state index contributed by atoms with van der Waals surface area (Å²) in [6.45, 7) is 0. The minimum atomic E-state index is -0.615. The first kappa shape index (κ1) is 8.90. The van der Waals surface area contributed by atoms with Crippen LogP contribution in [0.4, 0.5) is 0 Å². The first-order valence-electron chi connectivity index (χ1n) is 4.06. The lowest BCUT2D eigenvalue weighted by Gasteiger charge is -2.07. The van der Waals surface area contributed by atoms with Crippen molar-refractivity contribution in [1.29, 1.82) is 0 Å². The molecule has 2 N–H and O–H groups in total.